The van der Waals surface area contributed by atoms with Gasteiger partial charge < -0.3 is 15.0 Å². The minimum Gasteiger partial charge on any atom is -0.378 e. The van der Waals surface area contributed by atoms with Crippen molar-refractivity contribution in [2.45, 2.75) is 69.6 Å². The monoisotopic (exact) mass is 647 g/mol. The third-order valence-electron chi connectivity index (χ3n) is 10.5. The molecule has 49 heavy (non-hydrogen) atoms. The summed E-state index contributed by atoms with van der Waals surface area (Å²) in [5.41, 5.74) is 3.18. The zero-order chi connectivity index (χ0) is 33.8. The molecule has 5 aromatic carbocycles. The number of rotatable bonds is 9. The average molecular weight is 648 g/mol. The summed E-state index contributed by atoms with van der Waals surface area (Å²) >= 11 is 0. The smallest absolute Gasteiger partial charge is 0.251 e. The molecule has 0 saturated heterocycles. The minimum atomic E-state index is -1.37. The molecule has 1 saturated carbocycles. The van der Waals surface area contributed by atoms with Crippen LogP contribution in [-0.4, -0.2) is 26.6 Å². The molecular formula is C44H45N3O2. The first-order valence-corrected chi connectivity index (χ1v) is 17.7. The van der Waals surface area contributed by atoms with Gasteiger partial charge in [-0.2, -0.15) is 0 Å². The normalized spacial score (nSPS) is 15.5. The fourth-order valence-electron chi connectivity index (χ4n) is 7.78. The Morgan fingerprint density at radius 1 is 0.714 bits per heavy atom. The summed E-state index contributed by atoms with van der Waals surface area (Å²) in [4.78, 5) is 18.2. The largest absolute Gasteiger partial charge is 0.378 e. The van der Waals surface area contributed by atoms with Gasteiger partial charge in [-0.3, -0.25) is 4.79 Å². The summed E-state index contributed by atoms with van der Waals surface area (Å²) in [7, 11) is 0. The first-order valence-electron chi connectivity index (χ1n) is 17.7. The topological polar surface area (TPSA) is 67.2 Å². The van der Waals surface area contributed by atoms with Crippen LogP contribution in [0.15, 0.2) is 140 Å². The van der Waals surface area contributed by atoms with Gasteiger partial charge in [-0.1, -0.05) is 149 Å². The highest BCUT2D eigenvalue weighted by Gasteiger charge is 2.42. The maximum absolute atomic E-state index is 13.2. The van der Waals surface area contributed by atoms with Gasteiger partial charge in [0.25, 0.3) is 5.91 Å². The standard InChI is InChI=1S/C44H45N3O2/c1-32(2)44(49,39-27-26-33-28-35(25-24-34(33)29-39)42(48)46-40-22-14-3-4-15-23-40)41-30-47(31-45-41)43(36-16-8-5-9-17-36,37-18-10-6-11-19-37)38-20-12-7-13-21-38/h5-13,16-21,24-32,40,49H,3-4,14-15,22-23H2,1-2H3,(H,46,48). The van der Waals surface area contributed by atoms with E-state index in [0.717, 1.165) is 45.9 Å². The van der Waals surface area contributed by atoms with Crippen LogP contribution in [0.2, 0.25) is 0 Å². The predicted octanol–water partition coefficient (Wildman–Crippen LogP) is 9.22. The van der Waals surface area contributed by atoms with E-state index in [0.29, 0.717) is 11.3 Å². The van der Waals surface area contributed by atoms with Crippen LogP contribution in [0.25, 0.3) is 10.8 Å². The first kappa shape index (κ1) is 32.5. The van der Waals surface area contributed by atoms with E-state index in [1.165, 1.54) is 25.7 Å². The molecule has 1 heterocycles. The Bertz CT molecular complexity index is 1920. The van der Waals surface area contributed by atoms with Crippen LogP contribution in [0.5, 0.6) is 0 Å². The molecule has 1 aliphatic carbocycles. The van der Waals surface area contributed by atoms with Crippen LogP contribution in [-0.2, 0) is 11.1 Å². The molecule has 248 valence electrons. The lowest BCUT2D eigenvalue weighted by Gasteiger charge is -2.37. The molecule has 6 aromatic rings. The molecule has 0 bridgehead atoms. The summed E-state index contributed by atoms with van der Waals surface area (Å²) in [6.07, 6.45) is 10.8. The van der Waals surface area contributed by atoms with E-state index in [9.17, 15) is 9.90 Å². The first-order chi connectivity index (χ1) is 23.9. The van der Waals surface area contributed by atoms with Gasteiger partial charge in [0.2, 0.25) is 0 Å². The third kappa shape index (κ3) is 6.08. The number of fused-ring (bicyclic) bond motifs is 1. The number of imidazole rings is 1. The summed E-state index contributed by atoms with van der Waals surface area (Å²) in [5, 5.41) is 17.9. The molecule has 1 unspecified atom stereocenters. The molecule has 1 aromatic heterocycles. The molecule has 0 spiro atoms. The minimum absolute atomic E-state index is 0.0131. The number of carbonyl (C=O) groups is 1. The quantitative estimate of drug-likeness (QED) is 0.121. The van der Waals surface area contributed by atoms with Crippen molar-refractivity contribution in [3.63, 3.8) is 0 Å². The van der Waals surface area contributed by atoms with Crippen molar-refractivity contribution < 1.29 is 9.90 Å². The fraction of sp³-hybridized carbons (Fsp3) is 0.273. The maximum atomic E-state index is 13.2. The number of hydrogen-bond acceptors (Lipinski definition) is 3. The van der Waals surface area contributed by atoms with E-state index in [4.69, 9.17) is 4.98 Å². The number of benzene rings is 5. The van der Waals surface area contributed by atoms with Gasteiger partial charge in [0.05, 0.1) is 12.0 Å². The number of hydrogen-bond donors (Lipinski definition) is 2. The number of aromatic nitrogens is 2. The lowest BCUT2D eigenvalue weighted by Crippen LogP contribution is -2.37. The number of carbonyl (C=O) groups excluding carboxylic acids is 1. The third-order valence-corrected chi connectivity index (χ3v) is 10.5. The Morgan fingerprint density at radius 3 is 1.80 bits per heavy atom. The van der Waals surface area contributed by atoms with E-state index < -0.39 is 11.1 Å². The SMILES string of the molecule is CC(C)C(O)(c1ccc2cc(C(=O)NC3CCCCCC3)ccc2c1)c1cn(C(c2ccccc2)(c2ccccc2)c2ccccc2)cn1. The van der Waals surface area contributed by atoms with Gasteiger partial charge in [0.15, 0.2) is 0 Å². The van der Waals surface area contributed by atoms with Crippen LogP contribution in [0, 0.1) is 5.92 Å². The summed E-state index contributed by atoms with van der Waals surface area (Å²) in [6.45, 7) is 4.06. The second-order valence-corrected chi connectivity index (χ2v) is 13.8. The van der Waals surface area contributed by atoms with Gasteiger partial charge in [-0.15, -0.1) is 0 Å². The second kappa shape index (κ2) is 13.9. The molecule has 1 atom stereocenters. The average Bonchev–Trinajstić information content (AvgIpc) is 3.50. The van der Waals surface area contributed by atoms with Gasteiger partial charge >= 0.3 is 0 Å². The highest BCUT2D eigenvalue weighted by molar-refractivity contribution is 5.98. The molecule has 0 aliphatic heterocycles. The summed E-state index contributed by atoms with van der Waals surface area (Å²) in [6, 6.07) is 43.6. The molecule has 1 fully saturated rings. The number of nitrogens with one attached hydrogen (secondary N) is 1. The van der Waals surface area contributed by atoms with Crippen molar-refractivity contribution in [1.82, 2.24) is 14.9 Å². The van der Waals surface area contributed by atoms with Gasteiger partial charge in [0, 0.05) is 17.8 Å². The Labute approximate surface area is 289 Å². The van der Waals surface area contributed by atoms with Crippen molar-refractivity contribution >= 4 is 16.7 Å². The van der Waals surface area contributed by atoms with Crippen LogP contribution in [0.4, 0.5) is 0 Å². The lowest BCUT2D eigenvalue weighted by atomic mass is 9.76. The zero-order valence-corrected chi connectivity index (χ0v) is 28.4. The Balaban J connectivity index is 1.29. The molecule has 0 radical (unpaired) electrons. The Hall–Kier alpha value is -5.00. The van der Waals surface area contributed by atoms with E-state index in [1.54, 1.807) is 0 Å². The van der Waals surface area contributed by atoms with Crippen LogP contribution >= 0.6 is 0 Å². The highest BCUT2D eigenvalue weighted by Crippen LogP contribution is 2.43. The Kier molecular flexibility index (Phi) is 9.20. The van der Waals surface area contributed by atoms with Crippen molar-refractivity contribution in [1.29, 1.82) is 0 Å². The summed E-state index contributed by atoms with van der Waals surface area (Å²) in [5.74, 6) is -0.196. The van der Waals surface area contributed by atoms with Crippen molar-refractivity contribution in [2.24, 2.45) is 5.92 Å². The van der Waals surface area contributed by atoms with Crippen molar-refractivity contribution in [3.8, 4) is 0 Å². The fourth-order valence-corrected chi connectivity index (χ4v) is 7.78. The molecular weight excluding hydrogens is 603 g/mol. The summed E-state index contributed by atoms with van der Waals surface area (Å²) < 4.78 is 2.15. The van der Waals surface area contributed by atoms with E-state index >= 15 is 0 Å². The maximum Gasteiger partial charge on any atom is 0.251 e. The molecule has 1 aliphatic rings. The van der Waals surface area contributed by atoms with E-state index in [-0.39, 0.29) is 17.9 Å². The number of aliphatic hydroxyl groups is 1. The van der Waals surface area contributed by atoms with Gasteiger partial charge in [0.1, 0.15) is 11.1 Å². The van der Waals surface area contributed by atoms with Gasteiger partial charge in [-0.05, 0) is 70.0 Å². The van der Waals surface area contributed by atoms with Crippen LogP contribution in [0.3, 0.4) is 0 Å². The molecule has 7 rings (SSSR count). The van der Waals surface area contributed by atoms with Crippen LogP contribution in [0.1, 0.15) is 90.7 Å². The van der Waals surface area contributed by atoms with Crippen molar-refractivity contribution in [2.75, 3.05) is 0 Å². The molecule has 1 amide bonds. The molecule has 5 heteroatoms. The van der Waals surface area contributed by atoms with Crippen molar-refractivity contribution in [3.05, 3.63) is 173 Å². The van der Waals surface area contributed by atoms with E-state index in [2.05, 4.69) is 82.7 Å². The van der Waals surface area contributed by atoms with Crippen LogP contribution < -0.4 is 5.32 Å². The second-order valence-electron chi connectivity index (χ2n) is 13.8. The highest BCUT2D eigenvalue weighted by atomic mass is 16.3. The number of amides is 1. The molecule has 2 N–H and O–H groups in total. The zero-order valence-electron chi connectivity index (χ0n) is 28.4. The van der Waals surface area contributed by atoms with E-state index in [1.807, 2.05) is 81.0 Å². The predicted molar refractivity (Wildman–Crippen MR) is 198 cm³/mol. The Morgan fingerprint density at radius 2 is 1.24 bits per heavy atom. The van der Waals surface area contributed by atoms with Gasteiger partial charge in [-0.25, -0.2) is 4.98 Å². The number of nitrogens with zero attached hydrogens (tertiary/aromatic N) is 2. The lowest BCUT2D eigenvalue weighted by molar-refractivity contribution is 0.0279. The molecule has 5 nitrogen and oxygen atoms in total.